The molecule has 0 fully saturated rings. The molecule has 0 aromatic heterocycles. The number of Topliss-reactive ketones (excluding diaryl/α,β-unsaturated/α-hetero) is 1. The van der Waals surface area contributed by atoms with Gasteiger partial charge in [-0.1, -0.05) is 13.2 Å². The van der Waals surface area contributed by atoms with Crippen LogP contribution in [0, 0.1) is 0 Å². The molecule has 0 atom stereocenters. The Morgan fingerprint density at radius 2 is 1.88 bits per heavy atom. The van der Waals surface area contributed by atoms with Crippen LogP contribution in [0.1, 0.15) is 0 Å². The molecule has 0 aliphatic heterocycles. The van der Waals surface area contributed by atoms with E-state index in [9.17, 15) is 18.0 Å². The second-order valence-electron chi connectivity index (χ2n) is 2.86. The number of carbonyl (C=O) groups is 2. The number of hydrogen-bond acceptors (Lipinski definition) is 5. The summed E-state index contributed by atoms with van der Waals surface area (Å²) in [5.41, 5.74) is 0. The molecule has 0 unspecified atom stereocenters. The van der Waals surface area contributed by atoms with Crippen LogP contribution in [0.25, 0.3) is 0 Å². The van der Waals surface area contributed by atoms with Crippen molar-refractivity contribution in [2.24, 2.45) is 0 Å². The Morgan fingerprint density at radius 1 is 1.25 bits per heavy atom. The van der Waals surface area contributed by atoms with Crippen LogP contribution < -0.4 is 10.6 Å². The maximum atomic E-state index is 11.1. The van der Waals surface area contributed by atoms with Gasteiger partial charge in [-0.3, -0.25) is 14.9 Å². The molecule has 0 aliphatic rings. The lowest BCUT2D eigenvalue weighted by molar-refractivity contribution is -0.118. The Labute approximate surface area is 94.3 Å². The lowest BCUT2D eigenvalue weighted by Crippen LogP contribution is -2.36. The highest BCUT2D eigenvalue weighted by molar-refractivity contribution is 7.94. The summed E-state index contributed by atoms with van der Waals surface area (Å²) in [5.74, 6) is -1.45. The quantitative estimate of drug-likeness (QED) is 0.324. The third-order valence-corrected chi connectivity index (χ3v) is 2.74. The van der Waals surface area contributed by atoms with Gasteiger partial charge in [0.25, 0.3) is 0 Å². The molecule has 0 rings (SSSR count). The lowest BCUT2D eigenvalue weighted by atomic mass is 10.4. The van der Waals surface area contributed by atoms with Crippen LogP contribution in [0.5, 0.6) is 0 Å². The molecule has 0 saturated carbocycles. The molecule has 0 saturated heterocycles. The average Bonchev–Trinajstić information content (AvgIpc) is 2.23. The topological polar surface area (TPSA) is 92.3 Å². The maximum absolute atomic E-state index is 11.1. The number of carbonyl (C=O) groups excluding carboxylic acids is 2. The van der Waals surface area contributed by atoms with Crippen molar-refractivity contribution >= 4 is 21.5 Å². The number of rotatable bonds is 8. The Morgan fingerprint density at radius 3 is 2.38 bits per heavy atom. The first-order chi connectivity index (χ1) is 7.41. The van der Waals surface area contributed by atoms with Crippen molar-refractivity contribution < 1.29 is 18.0 Å². The largest absolute Gasteiger partial charge is 0.340 e. The molecule has 0 aromatic rings. The summed E-state index contributed by atoms with van der Waals surface area (Å²) >= 11 is 0. The van der Waals surface area contributed by atoms with Crippen LogP contribution in [0.4, 0.5) is 0 Å². The maximum Gasteiger partial charge on any atom is 0.244 e. The third-order valence-electron chi connectivity index (χ3n) is 1.51. The van der Waals surface area contributed by atoms with E-state index in [0.717, 1.165) is 11.5 Å². The van der Waals surface area contributed by atoms with Gasteiger partial charge >= 0.3 is 0 Å². The Kier molecular flexibility index (Phi) is 6.28. The summed E-state index contributed by atoms with van der Waals surface area (Å²) in [4.78, 5) is 21.8. The predicted octanol–water partition coefficient (Wildman–Crippen LogP) is -1.04. The minimum absolute atomic E-state index is 0.0741. The minimum Gasteiger partial charge on any atom is -0.340 e. The van der Waals surface area contributed by atoms with E-state index in [0.29, 0.717) is 0 Å². The smallest absolute Gasteiger partial charge is 0.244 e. The number of sulfone groups is 1. The molecule has 7 heteroatoms. The molecule has 0 bridgehead atoms. The predicted molar refractivity (Wildman–Crippen MR) is 60.2 cm³/mol. The molecule has 0 heterocycles. The molecule has 0 spiro atoms. The van der Waals surface area contributed by atoms with Gasteiger partial charge in [0.05, 0.1) is 13.2 Å². The fourth-order valence-corrected chi connectivity index (χ4v) is 1.43. The first kappa shape index (κ1) is 14.5. The van der Waals surface area contributed by atoms with E-state index >= 15 is 0 Å². The molecule has 16 heavy (non-hydrogen) atoms. The van der Waals surface area contributed by atoms with Crippen LogP contribution in [-0.2, 0) is 19.4 Å². The summed E-state index contributed by atoms with van der Waals surface area (Å²) in [7, 11) is -3.51. The van der Waals surface area contributed by atoms with Crippen molar-refractivity contribution in [1.29, 1.82) is 0 Å². The van der Waals surface area contributed by atoms with Crippen molar-refractivity contribution in [2.45, 2.75) is 0 Å². The lowest BCUT2D eigenvalue weighted by Gasteiger charge is -2.04. The van der Waals surface area contributed by atoms with Gasteiger partial charge in [0, 0.05) is 5.41 Å². The van der Waals surface area contributed by atoms with Gasteiger partial charge in [-0.2, -0.15) is 0 Å². The van der Waals surface area contributed by atoms with E-state index in [-0.39, 0.29) is 19.1 Å². The highest BCUT2D eigenvalue weighted by Gasteiger charge is 2.11. The fourth-order valence-electron chi connectivity index (χ4n) is 0.758. The molecule has 0 radical (unpaired) electrons. The van der Waals surface area contributed by atoms with Crippen LogP contribution in [-0.4, -0.2) is 39.1 Å². The van der Waals surface area contributed by atoms with Crippen LogP contribution in [0.15, 0.2) is 24.6 Å². The van der Waals surface area contributed by atoms with Gasteiger partial charge < -0.3 is 5.32 Å². The van der Waals surface area contributed by atoms with Gasteiger partial charge in [-0.05, 0) is 6.08 Å². The Hall–Kier alpha value is -1.47. The van der Waals surface area contributed by atoms with E-state index < -0.39 is 21.4 Å². The zero-order valence-corrected chi connectivity index (χ0v) is 9.55. The Bertz CT molecular complexity index is 386. The highest BCUT2D eigenvalue weighted by Crippen LogP contribution is 1.90. The Balaban J connectivity index is 3.79. The molecular formula is C9H14N2O4S. The summed E-state index contributed by atoms with van der Waals surface area (Å²) in [6.07, 6.45) is 1.09. The standard InChI is InChI=1S/C9H14N2O4S/c1-3-9(13)11-7-10-5-8(12)6-16(14,15)4-2/h3-4,10H,1-2,5-7H2,(H,11,13). The average molecular weight is 246 g/mol. The summed E-state index contributed by atoms with van der Waals surface area (Å²) in [5, 5.41) is 5.68. The molecule has 6 nitrogen and oxygen atoms in total. The van der Waals surface area contributed by atoms with Crippen molar-refractivity contribution in [3.8, 4) is 0 Å². The molecule has 90 valence electrons. The van der Waals surface area contributed by atoms with Gasteiger partial charge in [0.2, 0.25) is 5.91 Å². The van der Waals surface area contributed by atoms with E-state index in [4.69, 9.17) is 0 Å². The SMILES string of the molecule is C=CC(=O)NCNCC(=O)CS(=O)(=O)C=C. The number of nitrogens with one attached hydrogen (secondary N) is 2. The van der Waals surface area contributed by atoms with Gasteiger partial charge in [-0.15, -0.1) is 0 Å². The van der Waals surface area contributed by atoms with Crippen molar-refractivity contribution in [3.63, 3.8) is 0 Å². The number of hydrogen-bond donors (Lipinski definition) is 2. The zero-order chi connectivity index (χ0) is 12.6. The first-order valence-corrected chi connectivity index (χ1v) is 6.10. The van der Waals surface area contributed by atoms with Crippen molar-refractivity contribution in [3.05, 3.63) is 24.6 Å². The van der Waals surface area contributed by atoms with E-state index in [1.165, 1.54) is 0 Å². The molecule has 1 amide bonds. The fraction of sp³-hybridized carbons (Fsp3) is 0.333. The van der Waals surface area contributed by atoms with E-state index in [1.54, 1.807) is 0 Å². The zero-order valence-electron chi connectivity index (χ0n) is 8.73. The van der Waals surface area contributed by atoms with Crippen LogP contribution in [0.2, 0.25) is 0 Å². The van der Waals surface area contributed by atoms with Gasteiger partial charge in [-0.25, -0.2) is 8.42 Å². The molecule has 0 aliphatic carbocycles. The van der Waals surface area contributed by atoms with Crippen LogP contribution in [0.3, 0.4) is 0 Å². The van der Waals surface area contributed by atoms with Gasteiger partial charge in [0.15, 0.2) is 15.6 Å². The van der Waals surface area contributed by atoms with Crippen molar-refractivity contribution in [2.75, 3.05) is 19.0 Å². The highest BCUT2D eigenvalue weighted by atomic mass is 32.2. The minimum atomic E-state index is -3.51. The van der Waals surface area contributed by atoms with E-state index in [2.05, 4.69) is 23.8 Å². The first-order valence-electron chi connectivity index (χ1n) is 4.39. The summed E-state index contributed by atoms with van der Waals surface area (Å²) in [6, 6.07) is 0. The number of ketones is 1. The second kappa shape index (κ2) is 6.91. The third kappa shape index (κ3) is 6.91. The van der Waals surface area contributed by atoms with Crippen LogP contribution >= 0.6 is 0 Å². The van der Waals surface area contributed by atoms with Crippen molar-refractivity contribution in [1.82, 2.24) is 10.6 Å². The molecular weight excluding hydrogens is 232 g/mol. The molecule has 2 N–H and O–H groups in total. The van der Waals surface area contributed by atoms with Gasteiger partial charge in [0.1, 0.15) is 5.75 Å². The number of amides is 1. The van der Waals surface area contributed by atoms with E-state index in [1.807, 2.05) is 0 Å². The summed E-state index contributed by atoms with van der Waals surface area (Å²) < 4.78 is 21.9. The summed E-state index contributed by atoms with van der Waals surface area (Å²) in [6.45, 7) is 6.26. The normalized spacial score (nSPS) is 10.5. The molecule has 0 aromatic carbocycles. The monoisotopic (exact) mass is 246 g/mol. The second-order valence-corrected chi connectivity index (χ2v) is 4.81.